The van der Waals surface area contributed by atoms with Gasteiger partial charge in [-0.3, -0.25) is 4.90 Å². The van der Waals surface area contributed by atoms with E-state index in [9.17, 15) is 13.2 Å². The second-order valence-corrected chi connectivity index (χ2v) is 13.2. The van der Waals surface area contributed by atoms with Crippen LogP contribution >= 0.6 is 0 Å². The fraction of sp³-hybridized carbons (Fsp3) is 0.167. The Balaban J connectivity index is 1.42. The van der Waals surface area contributed by atoms with Gasteiger partial charge in [-0.05, 0) is 67.2 Å². The summed E-state index contributed by atoms with van der Waals surface area (Å²) >= 11 is 0. The molecule has 9 heteroatoms. The Morgan fingerprint density at radius 2 is 1.53 bits per heavy atom. The summed E-state index contributed by atoms with van der Waals surface area (Å²) in [5, 5.41) is 1.81. The Kier molecular flexibility index (Phi) is 8.38. The summed E-state index contributed by atoms with van der Waals surface area (Å²) in [5.74, 6) is -0.111. The molecule has 228 valence electrons. The van der Waals surface area contributed by atoms with Gasteiger partial charge in [0, 0.05) is 52.9 Å². The van der Waals surface area contributed by atoms with Crippen LogP contribution in [0.4, 0.5) is 10.5 Å². The molecule has 0 spiro atoms. The van der Waals surface area contributed by atoms with Crippen LogP contribution in [-0.2, 0) is 20.3 Å². The van der Waals surface area contributed by atoms with Crippen molar-refractivity contribution in [2.45, 2.75) is 10.6 Å². The summed E-state index contributed by atoms with van der Waals surface area (Å²) in [4.78, 5) is 24.6. The normalized spacial score (nSPS) is 11.7. The number of ether oxygens (including phenoxy) is 1. The number of carbonyl (C=O) groups excluding carboxylic acids is 1. The number of carbonyl (C=O) groups is 1. The van der Waals surface area contributed by atoms with Crippen molar-refractivity contribution >= 4 is 43.6 Å². The Morgan fingerprint density at radius 3 is 2.22 bits per heavy atom. The van der Waals surface area contributed by atoms with Gasteiger partial charge in [0.2, 0.25) is 0 Å². The van der Waals surface area contributed by atoms with Crippen molar-refractivity contribution in [3.05, 3.63) is 115 Å². The fourth-order valence-corrected chi connectivity index (χ4v) is 6.79. The zero-order valence-electron chi connectivity index (χ0n) is 25.4. The standard InChI is InChI=1S/C36H34N4O4S/c1-39(2)20-21-44-36(41)40(3)28-17-15-26(16-18-28)31-23-37-35-34(33(31)27-10-6-4-7-11-27)30-22-25(14-19-32(30)38-35)24-45(42,43)29-12-8-5-9-13-29/h4-19,22-23H,20-21,24H2,1-3H3,(H,37,38). The maximum absolute atomic E-state index is 13.2. The summed E-state index contributed by atoms with van der Waals surface area (Å²) < 4.78 is 31.8. The van der Waals surface area contributed by atoms with E-state index >= 15 is 0 Å². The SMILES string of the molecule is CN(C)CCOC(=O)N(C)c1ccc(-c2cnc3[nH]c4ccc(CS(=O)(=O)c5ccccc5)cc4c3c2-c2ccccc2)cc1. The molecule has 0 saturated carbocycles. The summed E-state index contributed by atoms with van der Waals surface area (Å²) in [7, 11) is 2.03. The van der Waals surface area contributed by atoms with E-state index in [0.29, 0.717) is 34.9 Å². The van der Waals surface area contributed by atoms with Crippen LogP contribution < -0.4 is 4.90 Å². The topological polar surface area (TPSA) is 95.6 Å². The molecule has 45 heavy (non-hydrogen) atoms. The molecule has 2 heterocycles. The minimum absolute atomic E-state index is 0.111. The molecule has 0 saturated heterocycles. The van der Waals surface area contributed by atoms with Crippen LogP contribution in [0.25, 0.3) is 44.2 Å². The number of hydrogen-bond donors (Lipinski definition) is 1. The van der Waals surface area contributed by atoms with Gasteiger partial charge >= 0.3 is 6.09 Å². The van der Waals surface area contributed by atoms with E-state index in [1.807, 2.05) is 85.9 Å². The van der Waals surface area contributed by atoms with Gasteiger partial charge in [0.15, 0.2) is 9.84 Å². The fourth-order valence-electron chi connectivity index (χ4n) is 5.43. The highest BCUT2D eigenvalue weighted by molar-refractivity contribution is 7.90. The minimum Gasteiger partial charge on any atom is -0.448 e. The van der Waals surface area contributed by atoms with E-state index in [1.54, 1.807) is 37.4 Å². The van der Waals surface area contributed by atoms with E-state index in [4.69, 9.17) is 9.72 Å². The molecule has 0 fully saturated rings. The quantitative estimate of drug-likeness (QED) is 0.185. The number of aromatic amines is 1. The summed E-state index contributed by atoms with van der Waals surface area (Å²) in [6.07, 6.45) is 1.44. The third-order valence-electron chi connectivity index (χ3n) is 7.81. The zero-order valence-corrected chi connectivity index (χ0v) is 26.2. The number of fused-ring (bicyclic) bond motifs is 3. The molecule has 6 aromatic rings. The van der Waals surface area contributed by atoms with Gasteiger partial charge in [0.05, 0.1) is 10.6 Å². The monoisotopic (exact) mass is 618 g/mol. The molecule has 0 aliphatic rings. The molecule has 4 aromatic carbocycles. The molecule has 0 bridgehead atoms. The van der Waals surface area contributed by atoms with Crippen LogP contribution in [0.3, 0.4) is 0 Å². The van der Waals surface area contributed by atoms with Gasteiger partial charge in [0.1, 0.15) is 12.3 Å². The smallest absolute Gasteiger partial charge is 0.414 e. The largest absolute Gasteiger partial charge is 0.448 e. The van der Waals surface area contributed by atoms with E-state index in [1.165, 1.54) is 4.90 Å². The molecule has 0 unspecified atom stereocenters. The molecule has 8 nitrogen and oxygen atoms in total. The number of sulfone groups is 1. The van der Waals surface area contributed by atoms with Gasteiger partial charge < -0.3 is 14.6 Å². The van der Waals surface area contributed by atoms with Gasteiger partial charge in [-0.2, -0.15) is 0 Å². The molecule has 2 aromatic heterocycles. The lowest BCUT2D eigenvalue weighted by atomic mass is 9.92. The Hall–Kier alpha value is -4.99. The molecule has 0 atom stereocenters. The Morgan fingerprint density at radius 1 is 0.844 bits per heavy atom. The third kappa shape index (κ3) is 6.31. The summed E-state index contributed by atoms with van der Waals surface area (Å²) in [5.41, 5.74) is 6.83. The highest BCUT2D eigenvalue weighted by Crippen LogP contribution is 2.41. The summed E-state index contributed by atoms with van der Waals surface area (Å²) in [6.45, 7) is 0.958. The maximum atomic E-state index is 13.2. The highest BCUT2D eigenvalue weighted by atomic mass is 32.2. The molecule has 0 aliphatic heterocycles. The van der Waals surface area contributed by atoms with Crippen molar-refractivity contribution in [1.82, 2.24) is 14.9 Å². The second kappa shape index (κ2) is 12.6. The number of H-pyrrole nitrogens is 1. The van der Waals surface area contributed by atoms with Crippen molar-refractivity contribution in [3.8, 4) is 22.3 Å². The lowest BCUT2D eigenvalue weighted by Gasteiger charge is -2.19. The first kappa shape index (κ1) is 30.1. The van der Waals surface area contributed by atoms with E-state index in [2.05, 4.69) is 17.1 Å². The number of rotatable bonds is 9. The van der Waals surface area contributed by atoms with Crippen LogP contribution in [0.15, 0.2) is 114 Å². The van der Waals surface area contributed by atoms with Crippen LogP contribution in [-0.4, -0.2) is 63.7 Å². The highest BCUT2D eigenvalue weighted by Gasteiger charge is 2.20. The molecule has 0 aliphatic carbocycles. The van der Waals surface area contributed by atoms with Crippen LogP contribution in [0, 0.1) is 0 Å². The Labute approximate surface area is 262 Å². The third-order valence-corrected chi connectivity index (χ3v) is 9.51. The molecule has 0 radical (unpaired) electrons. The van der Waals surface area contributed by atoms with Crippen molar-refractivity contribution in [2.75, 3.05) is 39.2 Å². The molecular weight excluding hydrogens is 584 g/mol. The minimum atomic E-state index is -3.52. The van der Waals surface area contributed by atoms with E-state index < -0.39 is 15.9 Å². The lowest BCUT2D eigenvalue weighted by molar-refractivity contribution is 0.145. The zero-order chi connectivity index (χ0) is 31.6. The van der Waals surface area contributed by atoms with E-state index in [-0.39, 0.29) is 5.75 Å². The summed E-state index contributed by atoms with van der Waals surface area (Å²) in [6, 6.07) is 32.1. The number of nitrogens with one attached hydrogen (secondary N) is 1. The van der Waals surface area contributed by atoms with Crippen molar-refractivity contribution in [2.24, 2.45) is 0 Å². The predicted octanol–water partition coefficient (Wildman–Crippen LogP) is 7.16. The van der Waals surface area contributed by atoms with Crippen LogP contribution in [0.2, 0.25) is 0 Å². The molecule has 1 N–H and O–H groups in total. The second-order valence-electron chi connectivity index (χ2n) is 11.2. The van der Waals surface area contributed by atoms with E-state index in [0.717, 1.165) is 38.5 Å². The van der Waals surface area contributed by atoms with Gasteiger partial charge in [-0.1, -0.05) is 66.7 Å². The van der Waals surface area contributed by atoms with Crippen LogP contribution in [0.1, 0.15) is 5.56 Å². The first-order chi connectivity index (χ1) is 21.7. The molecule has 6 rings (SSSR count). The lowest BCUT2D eigenvalue weighted by Crippen LogP contribution is -2.29. The number of hydrogen-bond acceptors (Lipinski definition) is 6. The average Bonchev–Trinajstić information content (AvgIpc) is 3.42. The number of benzene rings is 4. The number of likely N-dealkylation sites (N-methyl/N-ethyl adjacent to an activating group) is 1. The van der Waals surface area contributed by atoms with Gasteiger partial charge in [-0.15, -0.1) is 0 Å². The first-order valence-corrected chi connectivity index (χ1v) is 16.3. The Bertz CT molecular complexity index is 2080. The number of amides is 1. The van der Waals surface area contributed by atoms with Crippen molar-refractivity contribution in [1.29, 1.82) is 0 Å². The predicted molar refractivity (Wildman–Crippen MR) is 180 cm³/mol. The van der Waals surface area contributed by atoms with Crippen molar-refractivity contribution < 1.29 is 17.9 Å². The van der Waals surface area contributed by atoms with Crippen LogP contribution in [0.5, 0.6) is 0 Å². The van der Waals surface area contributed by atoms with Gasteiger partial charge in [-0.25, -0.2) is 18.2 Å². The number of aromatic nitrogens is 2. The van der Waals surface area contributed by atoms with Crippen molar-refractivity contribution in [3.63, 3.8) is 0 Å². The number of anilines is 1. The number of nitrogens with zero attached hydrogens (tertiary/aromatic N) is 3. The first-order valence-electron chi connectivity index (χ1n) is 14.6. The number of pyridine rings is 1. The maximum Gasteiger partial charge on any atom is 0.414 e. The molecular formula is C36H34N4O4S. The molecule has 1 amide bonds. The van der Waals surface area contributed by atoms with Gasteiger partial charge in [0.25, 0.3) is 0 Å². The average molecular weight is 619 g/mol.